The van der Waals surface area contributed by atoms with Gasteiger partial charge in [0.2, 0.25) is 0 Å². The number of rotatable bonds is 4. The van der Waals surface area contributed by atoms with Crippen LogP contribution >= 0.6 is 0 Å². The van der Waals surface area contributed by atoms with Gasteiger partial charge in [-0.1, -0.05) is 12.1 Å². The predicted molar refractivity (Wildman–Crippen MR) is 69.1 cm³/mol. The third-order valence-electron chi connectivity index (χ3n) is 2.57. The fourth-order valence-electron chi connectivity index (χ4n) is 1.79. The maximum atomic E-state index is 11.6. The fraction of sp³-hybridized carbons (Fsp3) is 0.143. The largest absolute Gasteiger partial charge is 0.493 e. The lowest BCUT2D eigenvalue weighted by Crippen LogP contribution is -2.10. The van der Waals surface area contributed by atoms with Gasteiger partial charge in [0.1, 0.15) is 5.75 Å². The Morgan fingerprint density at radius 3 is 2.78 bits per heavy atom. The van der Waals surface area contributed by atoms with E-state index in [1.807, 2.05) is 25.1 Å². The highest BCUT2D eigenvalue weighted by Gasteiger charge is 2.12. The summed E-state index contributed by atoms with van der Waals surface area (Å²) in [5.74, 6) is 0.643. The van der Waals surface area contributed by atoms with Gasteiger partial charge in [0.15, 0.2) is 11.7 Å². The first-order valence-corrected chi connectivity index (χ1v) is 5.67. The molecule has 0 unspecified atom stereocenters. The van der Waals surface area contributed by atoms with Gasteiger partial charge in [-0.15, -0.1) is 0 Å². The molecule has 0 bridgehead atoms. The van der Waals surface area contributed by atoms with Crippen molar-refractivity contribution in [2.45, 2.75) is 6.92 Å². The highest BCUT2D eigenvalue weighted by Crippen LogP contribution is 2.28. The summed E-state index contributed by atoms with van der Waals surface area (Å²) in [6.07, 6.45) is 2.09. The summed E-state index contributed by atoms with van der Waals surface area (Å²) in [4.78, 5) is 25.6. The Morgan fingerprint density at radius 1 is 1.28 bits per heavy atom. The van der Waals surface area contributed by atoms with Crippen LogP contribution in [0.5, 0.6) is 5.75 Å². The maximum Gasteiger partial charge on any atom is 0.192 e. The van der Waals surface area contributed by atoms with E-state index in [0.717, 1.165) is 0 Å². The van der Waals surface area contributed by atoms with E-state index in [2.05, 4.69) is 4.98 Å². The smallest absolute Gasteiger partial charge is 0.192 e. The number of aromatic nitrogens is 1. The van der Waals surface area contributed by atoms with Crippen LogP contribution in [0.1, 0.15) is 17.3 Å². The molecule has 1 heterocycles. The van der Waals surface area contributed by atoms with Gasteiger partial charge in [0.25, 0.3) is 0 Å². The van der Waals surface area contributed by atoms with E-state index in [1.54, 1.807) is 6.07 Å². The number of para-hydroxylation sites is 1. The highest BCUT2D eigenvalue weighted by molar-refractivity contribution is 5.87. The molecule has 0 aliphatic carbocycles. The molecule has 1 aromatic carbocycles. The van der Waals surface area contributed by atoms with E-state index in [4.69, 9.17) is 4.74 Å². The summed E-state index contributed by atoms with van der Waals surface area (Å²) in [5, 5.41) is 0. The van der Waals surface area contributed by atoms with Crippen molar-refractivity contribution < 1.29 is 9.53 Å². The molecule has 0 aliphatic heterocycles. The van der Waals surface area contributed by atoms with Crippen molar-refractivity contribution in [3.63, 3.8) is 0 Å². The van der Waals surface area contributed by atoms with Gasteiger partial charge >= 0.3 is 0 Å². The highest BCUT2D eigenvalue weighted by atomic mass is 16.5. The lowest BCUT2D eigenvalue weighted by Gasteiger charge is -2.11. The first-order valence-electron chi connectivity index (χ1n) is 5.67. The van der Waals surface area contributed by atoms with Gasteiger partial charge < -0.3 is 9.72 Å². The molecule has 0 saturated heterocycles. The molecule has 1 aromatic heterocycles. The second-order valence-electron chi connectivity index (χ2n) is 3.68. The minimum Gasteiger partial charge on any atom is -0.493 e. The van der Waals surface area contributed by atoms with Gasteiger partial charge in [0, 0.05) is 17.8 Å². The first-order chi connectivity index (χ1) is 8.77. The Kier molecular flexibility index (Phi) is 3.57. The van der Waals surface area contributed by atoms with Crippen LogP contribution in [0.4, 0.5) is 0 Å². The van der Waals surface area contributed by atoms with Crippen LogP contribution in [0.15, 0.2) is 41.3 Å². The standard InChI is InChI=1S/C14H13NO3/c1-2-18-13-6-4-3-5-10(13)14-11(9-16)12(17)7-8-15-14/h3-9H,2H2,1H3,(H,15,17). The summed E-state index contributed by atoms with van der Waals surface area (Å²) in [6.45, 7) is 2.40. The number of nitrogens with one attached hydrogen (secondary N) is 1. The van der Waals surface area contributed by atoms with E-state index in [0.29, 0.717) is 29.9 Å². The van der Waals surface area contributed by atoms with Crippen molar-refractivity contribution in [1.29, 1.82) is 0 Å². The number of H-pyrrole nitrogens is 1. The maximum absolute atomic E-state index is 11.6. The number of benzene rings is 1. The molecule has 0 fully saturated rings. The Bertz CT molecular complexity index is 616. The third kappa shape index (κ3) is 2.18. The number of aromatic amines is 1. The fourth-order valence-corrected chi connectivity index (χ4v) is 1.79. The van der Waals surface area contributed by atoms with Crippen LogP contribution in [0.2, 0.25) is 0 Å². The SMILES string of the molecule is CCOc1ccccc1-c1[nH]ccc(=O)c1C=O. The number of aldehydes is 1. The van der Waals surface area contributed by atoms with Crippen molar-refractivity contribution in [1.82, 2.24) is 4.98 Å². The zero-order chi connectivity index (χ0) is 13.0. The van der Waals surface area contributed by atoms with Crippen molar-refractivity contribution in [3.05, 3.63) is 52.3 Å². The van der Waals surface area contributed by atoms with Gasteiger partial charge in [-0.05, 0) is 19.1 Å². The summed E-state index contributed by atoms with van der Waals surface area (Å²) in [7, 11) is 0. The van der Waals surface area contributed by atoms with E-state index in [-0.39, 0.29) is 11.0 Å². The molecule has 4 heteroatoms. The van der Waals surface area contributed by atoms with Crippen molar-refractivity contribution >= 4 is 6.29 Å². The van der Waals surface area contributed by atoms with Crippen LogP contribution in [0, 0.1) is 0 Å². The topological polar surface area (TPSA) is 59.2 Å². The lowest BCUT2D eigenvalue weighted by atomic mass is 10.1. The molecule has 0 atom stereocenters. The molecule has 2 rings (SSSR count). The van der Waals surface area contributed by atoms with Gasteiger partial charge in [-0.2, -0.15) is 0 Å². The Balaban J connectivity index is 2.65. The molecule has 2 aromatic rings. The molecule has 0 radical (unpaired) electrons. The van der Waals surface area contributed by atoms with Gasteiger partial charge in [-0.25, -0.2) is 0 Å². The number of hydrogen-bond acceptors (Lipinski definition) is 3. The van der Waals surface area contributed by atoms with Crippen LogP contribution in [0.3, 0.4) is 0 Å². The lowest BCUT2D eigenvalue weighted by molar-refractivity contribution is 0.112. The molecule has 18 heavy (non-hydrogen) atoms. The summed E-state index contributed by atoms with van der Waals surface area (Å²) >= 11 is 0. The summed E-state index contributed by atoms with van der Waals surface area (Å²) in [6, 6.07) is 8.62. The minimum atomic E-state index is -0.301. The van der Waals surface area contributed by atoms with E-state index < -0.39 is 0 Å². The quantitative estimate of drug-likeness (QED) is 0.838. The Morgan fingerprint density at radius 2 is 2.06 bits per heavy atom. The second kappa shape index (κ2) is 5.31. The number of ether oxygens (including phenoxy) is 1. The van der Waals surface area contributed by atoms with Crippen molar-refractivity contribution in [2.24, 2.45) is 0 Å². The molecular formula is C14H13NO3. The number of carbonyl (C=O) groups is 1. The average Bonchev–Trinajstić information content (AvgIpc) is 2.39. The van der Waals surface area contributed by atoms with Crippen molar-refractivity contribution in [2.75, 3.05) is 6.61 Å². The Labute approximate surface area is 104 Å². The number of carbonyl (C=O) groups excluding carboxylic acids is 1. The molecule has 0 saturated carbocycles. The Hall–Kier alpha value is -2.36. The van der Waals surface area contributed by atoms with Gasteiger partial charge in [0.05, 0.1) is 17.9 Å². The minimum absolute atomic E-state index is 0.115. The van der Waals surface area contributed by atoms with Crippen molar-refractivity contribution in [3.8, 4) is 17.0 Å². The molecule has 0 spiro atoms. The molecule has 92 valence electrons. The molecule has 4 nitrogen and oxygen atoms in total. The number of pyridine rings is 1. The zero-order valence-corrected chi connectivity index (χ0v) is 9.97. The van der Waals surface area contributed by atoms with Crippen LogP contribution in [-0.4, -0.2) is 17.9 Å². The second-order valence-corrected chi connectivity index (χ2v) is 3.68. The third-order valence-corrected chi connectivity index (χ3v) is 2.57. The van der Waals surface area contributed by atoms with Crippen LogP contribution < -0.4 is 10.2 Å². The van der Waals surface area contributed by atoms with E-state index in [9.17, 15) is 9.59 Å². The van der Waals surface area contributed by atoms with Gasteiger partial charge in [-0.3, -0.25) is 9.59 Å². The van der Waals surface area contributed by atoms with E-state index >= 15 is 0 Å². The monoisotopic (exact) mass is 243 g/mol. The molecule has 1 N–H and O–H groups in total. The molecular weight excluding hydrogens is 230 g/mol. The molecule has 0 amide bonds. The average molecular weight is 243 g/mol. The summed E-state index contributed by atoms with van der Waals surface area (Å²) in [5.41, 5.74) is 1.01. The zero-order valence-electron chi connectivity index (χ0n) is 9.97. The van der Waals surface area contributed by atoms with E-state index in [1.165, 1.54) is 12.3 Å². The van der Waals surface area contributed by atoms with Crippen LogP contribution in [0.25, 0.3) is 11.3 Å². The summed E-state index contributed by atoms with van der Waals surface area (Å²) < 4.78 is 5.49. The predicted octanol–water partition coefficient (Wildman–Crippen LogP) is 2.25. The normalized spacial score (nSPS) is 10.1. The molecule has 0 aliphatic rings. The first kappa shape index (κ1) is 12.1. The number of hydrogen-bond donors (Lipinski definition) is 1. The van der Waals surface area contributed by atoms with Crippen LogP contribution in [-0.2, 0) is 0 Å².